The number of fused-ring (bicyclic) bond motifs is 1. The average molecular weight is 571 g/mol. The molecule has 6 nitrogen and oxygen atoms in total. The van der Waals surface area contributed by atoms with Gasteiger partial charge in [0.25, 0.3) is 0 Å². The number of aromatic nitrogens is 2. The number of hydrogen-bond acceptors (Lipinski definition) is 6. The van der Waals surface area contributed by atoms with E-state index >= 15 is 0 Å². The Bertz CT molecular complexity index is 1730. The van der Waals surface area contributed by atoms with Crippen molar-refractivity contribution in [1.29, 1.82) is 0 Å². The highest BCUT2D eigenvalue weighted by Crippen LogP contribution is 2.37. The Balaban J connectivity index is 1.31. The number of alkyl halides is 3. The highest BCUT2D eigenvalue weighted by molar-refractivity contribution is 7.88. The van der Waals surface area contributed by atoms with Crippen LogP contribution in [0.1, 0.15) is 5.56 Å². The summed E-state index contributed by atoms with van der Waals surface area (Å²) < 4.78 is 70.7. The van der Waals surface area contributed by atoms with Crippen LogP contribution < -0.4 is 8.92 Å². The molecule has 0 spiro atoms. The van der Waals surface area contributed by atoms with E-state index in [1.807, 2.05) is 54.6 Å². The minimum absolute atomic E-state index is 0.240. The molecule has 5 aromatic rings. The maximum atomic E-state index is 12.7. The monoisotopic (exact) mass is 570 g/mol. The maximum Gasteiger partial charge on any atom is 0.534 e. The second-order valence-corrected chi connectivity index (χ2v) is 10.3. The predicted octanol–water partition coefficient (Wildman–Crippen LogP) is 7.42. The summed E-state index contributed by atoms with van der Waals surface area (Å²) in [6.45, 7) is 0.413. The van der Waals surface area contributed by atoms with Gasteiger partial charge in [0.1, 0.15) is 6.61 Å². The fraction of sp³-hybridized carbons (Fsp3) is 0.0714. The third-order valence-electron chi connectivity index (χ3n) is 5.75. The lowest BCUT2D eigenvalue weighted by atomic mass is 10.00. The van der Waals surface area contributed by atoms with Gasteiger partial charge in [0, 0.05) is 10.9 Å². The molecule has 0 fully saturated rings. The van der Waals surface area contributed by atoms with Crippen molar-refractivity contribution >= 4 is 32.5 Å². The Morgan fingerprint density at radius 2 is 1.44 bits per heavy atom. The van der Waals surface area contributed by atoms with E-state index in [-0.39, 0.29) is 5.02 Å². The van der Waals surface area contributed by atoms with E-state index in [4.69, 9.17) is 16.3 Å². The first-order valence-corrected chi connectivity index (χ1v) is 13.2. The van der Waals surface area contributed by atoms with Crippen molar-refractivity contribution in [2.24, 2.45) is 0 Å². The Hall–Kier alpha value is -4.15. The average Bonchev–Trinajstić information content (AvgIpc) is 2.93. The fourth-order valence-corrected chi connectivity index (χ4v) is 4.56. The van der Waals surface area contributed by atoms with Crippen LogP contribution in [0.25, 0.3) is 33.3 Å². The van der Waals surface area contributed by atoms with Crippen LogP contribution in [-0.4, -0.2) is 23.9 Å². The van der Waals surface area contributed by atoms with Gasteiger partial charge >= 0.3 is 15.6 Å². The standard InChI is InChI=1S/C28H18ClF3N2O4S/c29-26-24-12-10-21(14-22(24)11-13-25(26)38-39(35,36)28(30,31)32)19-6-8-20(9-7-19)27-33-15-23(16-34-27)37-17-18-4-2-1-3-5-18/h1-16H,17H2. The maximum absolute atomic E-state index is 12.7. The minimum atomic E-state index is -5.84. The summed E-state index contributed by atoms with van der Waals surface area (Å²) in [7, 11) is -5.84. The van der Waals surface area contributed by atoms with Crippen molar-refractivity contribution in [3.8, 4) is 34.0 Å². The van der Waals surface area contributed by atoms with Crippen LogP contribution in [-0.2, 0) is 16.7 Å². The van der Waals surface area contributed by atoms with E-state index in [2.05, 4.69) is 14.2 Å². The van der Waals surface area contributed by atoms with Gasteiger partial charge in [-0.25, -0.2) is 9.97 Å². The largest absolute Gasteiger partial charge is 0.534 e. The van der Waals surface area contributed by atoms with Crippen LogP contribution in [0.4, 0.5) is 13.2 Å². The second-order valence-electron chi connectivity index (χ2n) is 8.39. The fourth-order valence-electron chi connectivity index (χ4n) is 3.77. The lowest BCUT2D eigenvalue weighted by Crippen LogP contribution is -2.28. The molecule has 198 valence electrons. The number of nitrogens with zero attached hydrogens (tertiary/aromatic N) is 2. The summed E-state index contributed by atoms with van der Waals surface area (Å²) in [6, 6.07) is 24.9. The first kappa shape index (κ1) is 26.5. The first-order valence-electron chi connectivity index (χ1n) is 11.4. The zero-order valence-electron chi connectivity index (χ0n) is 19.9. The lowest BCUT2D eigenvalue weighted by molar-refractivity contribution is -0.0500. The Kier molecular flexibility index (Phi) is 7.16. The molecule has 0 aliphatic carbocycles. The molecule has 1 heterocycles. The molecule has 0 amide bonds. The van der Waals surface area contributed by atoms with Crippen LogP contribution in [0.3, 0.4) is 0 Å². The second kappa shape index (κ2) is 10.5. The van der Waals surface area contributed by atoms with Gasteiger partial charge in [-0.15, -0.1) is 0 Å². The molecular formula is C28H18ClF3N2O4S. The van der Waals surface area contributed by atoms with Gasteiger partial charge in [0.2, 0.25) is 0 Å². The molecule has 0 aliphatic rings. The Labute approximate surface area is 226 Å². The minimum Gasteiger partial charge on any atom is -0.486 e. The number of ether oxygens (including phenoxy) is 1. The van der Waals surface area contributed by atoms with E-state index in [1.165, 1.54) is 6.07 Å². The third-order valence-corrected chi connectivity index (χ3v) is 7.11. The topological polar surface area (TPSA) is 78.4 Å². The zero-order valence-corrected chi connectivity index (χ0v) is 21.5. The molecule has 0 unspecified atom stereocenters. The molecular weight excluding hydrogens is 553 g/mol. The van der Waals surface area contributed by atoms with Gasteiger partial charge in [-0.1, -0.05) is 84.4 Å². The van der Waals surface area contributed by atoms with E-state index in [0.29, 0.717) is 29.0 Å². The Morgan fingerprint density at radius 1 is 0.795 bits per heavy atom. The van der Waals surface area contributed by atoms with Crippen molar-refractivity contribution in [2.75, 3.05) is 0 Å². The normalized spacial score (nSPS) is 11.9. The lowest BCUT2D eigenvalue weighted by Gasteiger charge is -2.12. The van der Waals surface area contributed by atoms with Crippen molar-refractivity contribution < 1.29 is 30.5 Å². The van der Waals surface area contributed by atoms with E-state index in [1.54, 1.807) is 30.6 Å². The number of halogens is 4. The van der Waals surface area contributed by atoms with Crippen molar-refractivity contribution in [3.63, 3.8) is 0 Å². The summed E-state index contributed by atoms with van der Waals surface area (Å²) in [6.07, 6.45) is 3.23. The molecule has 11 heteroatoms. The van der Waals surface area contributed by atoms with Crippen molar-refractivity contribution in [2.45, 2.75) is 12.1 Å². The van der Waals surface area contributed by atoms with Gasteiger partial charge in [0.15, 0.2) is 17.3 Å². The molecule has 1 aromatic heterocycles. The third kappa shape index (κ3) is 5.81. The summed E-state index contributed by atoms with van der Waals surface area (Å²) in [5, 5.41) is 0.693. The van der Waals surface area contributed by atoms with Crippen LogP contribution in [0.5, 0.6) is 11.5 Å². The Morgan fingerprint density at radius 3 is 2.10 bits per heavy atom. The molecule has 0 saturated heterocycles. The molecule has 0 bridgehead atoms. The summed E-state index contributed by atoms with van der Waals surface area (Å²) in [4.78, 5) is 8.77. The predicted molar refractivity (Wildman–Crippen MR) is 142 cm³/mol. The summed E-state index contributed by atoms with van der Waals surface area (Å²) in [5.74, 6) is 0.480. The summed E-state index contributed by atoms with van der Waals surface area (Å²) in [5.41, 5.74) is -2.06. The van der Waals surface area contributed by atoms with Crippen LogP contribution >= 0.6 is 11.6 Å². The number of rotatable bonds is 7. The molecule has 0 atom stereocenters. The van der Waals surface area contributed by atoms with Crippen molar-refractivity contribution in [1.82, 2.24) is 9.97 Å². The number of hydrogen-bond donors (Lipinski definition) is 0. The van der Waals surface area contributed by atoms with Gasteiger partial charge in [-0.05, 0) is 34.2 Å². The molecule has 0 aliphatic heterocycles. The molecule has 4 aromatic carbocycles. The first-order chi connectivity index (χ1) is 18.6. The van der Waals surface area contributed by atoms with Crippen LogP contribution in [0.15, 0.2) is 97.3 Å². The summed E-state index contributed by atoms with van der Waals surface area (Å²) >= 11 is 6.17. The van der Waals surface area contributed by atoms with Gasteiger partial charge < -0.3 is 8.92 Å². The molecule has 5 rings (SSSR count). The van der Waals surface area contributed by atoms with Gasteiger partial charge in [-0.3, -0.25) is 0 Å². The number of benzene rings is 4. The van der Waals surface area contributed by atoms with E-state index < -0.39 is 21.4 Å². The van der Waals surface area contributed by atoms with Crippen LogP contribution in [0.2, 0.25) is 5.02 Å². The van der Waals surface area contributed by atoms with Gasteiger partial charge in [0.05, 0.1) is 17.4 Å². The molecule has 0 saturated carbocycles. The SMILES string of the molecule is O=S(=O)(Oc1ccc2cc(-c3ccc(-c4ncc(OCc5ccccc5)cn4)cc3)ccc2c1Cl)C(F)(F)F. The highest BCUT2D eigenvalue weighted by Gasteiger charge is 2.48. The molecule has 0 radical (unpaired) electrons. The van der Waals surface area contributed by atoms with Crippen molar-refractivity contribution in [3.05, 3.63) is 108 Å². The van der Waals surface area contributed by atoms with E-state index in [9.17, 15) is 21.6 Å². The molecule has 0 N–H and O–H groups in total. The van der Waals surface area contributed by atoms with Crippen LogP contribution in [0, 0.1) is 0 Å². The smallest absolute Gasteiger partial charge is 0.486 e. The molecule has 39 heavy (non-hydrogen) atoms. The van der Waals surface area contributed by atoms with E-state index in [0.717, 1.165) is 28.3 Å². The highest BCUT2D eigenvalue weighted by atomic mass is 35.5. The van der Waals surface area contributed by atoms with Gasteiger partial charge in [-0.2, -0.15) is 21.6 Å². The quantitative estimate of drug-likeness (QED) is 0.150. The zero-order chi connectivity index (χ0) is 27.6.